The minimum atomic E-state index is -0.0182. The number of carbonyl (C=O) groups is 2. The monoisotopic (exact) mass is 370 g/mol. The number of carbonyl (C=O) groups excluding carboxylic acids is 2. The second-order valence-electron chi connectivity index (χ2n) is 6.99. The number of ether oxygens (including phenoxy) is 1. The van der Waals surface area contributed by atoms with Gasteiger partial charge in [0.15, 0.2) is 0 Å². The van der Waals surface area contributed by atoms with E-state index in [9.17, 15) is 9.59 Å². The highest BCUT2D eigenvalue weighted by Gasteiger charge is 2.24. The molecule has 0 spiro atoms. The average molecular weight is 370 g/mol. The van der Waals surface area contributed by atoms with Crippen molar-refractivity contribution in [3.8, 4) is 5.75 Å². The van der Waals surface area contributed by atoms with Crippen molar-refractivity contribution in [2.24, 2.45) is 0 Å². The lowest BCUT2D eigenvalue weighted by molar-refractivity contribution is -0.122. The molecule has 1 saturated heterocycles. The van der Waals surface area contributed by atoms with E-state index < -0.39 is 0 Å². The number of hydrogen-bond donors (Lipinski definition) is 1. The van der Waals surface area contributed by atoms with Crippen molar-refractivity contribution in [1.29, 1.82) is 0 Å². The van der Waals surface area contributed by atoms with Crippen LogP contribution < -0.4 is 10.1 Å². The Morgan fingerprint density at radius 1 is 1.19 bits per heavy atom. The van der Waals surface area contributed by atoms with E-state index in [0.717, 1.165) is 18.6 Å². The fraction of sp³-hybridized carbons (Fsp3) is 0.429. The first kappa shape index (κ1) is 19.0. The van der Waals surface area contributed by atoms with Gasteiger partial charge in [-0.3, -0.25) is 9.59 Å². The summed E-state index contributed by atoms with van der Waals surface area (Å²) in [7, 11) is 0. The van der Waals surface area contributed by atoms with Crippen LogP contribution in [-0.2, 0) is 4.79 Å². The van der Waals surface area contributed by atoms with E-state index in [2.05, 4.69) is 12.2 Å². The van der Waals surface area contributed by atoms with Gasteiger partial charge in [-0.25, -0.2) is 0 Å². The van der Waals surface area contributed by atoms with Crippen molar-refractivity contribution in [3.63, 3.8) is 0 Å². The summed E-state index contributed by atoms with van der Waals surface area (Å²) < 4.78 is 10.6. The van der Waals surface area contributed by atoms with Gasteiger partial charge < -0.3 is 19.4 Å². The number of likely N-dealkylation sites (tertiary alicyclic amines) is 1. The van der Waals surface area contributed by atoms with Crippen LogP contribution in [0.25, 0.3) is 0 Å². The lowest BCUT2D eigenvalue weighted by Gasteiger charge is -2.32. The highest BCUT2D eigenvalue weighted by atomic mass is 16.5. The molecule has 2 heterocycles. The van der Waals surface area contributed by atoms with Gasteiger partial charge in [0.05, 0.1) is 24.9 Å². The largest absolute Gasteiger partial charge is 0.493 e. The van der Waals surface area contributed by atoms with Crippen LogP contribution in [-0.4, -0.2) is 42.5 Å². The first-order chi connectivity index (χ1) is 13.0. The molecule has 2 amide bonds. The van der Waals surface area contributed by atoms with Crippen LogP contribution in [0.15, 0.2) is 41.2 Å². The summed E-state index contributed by atoms with van der Waals surface area (Å²) in [6.45, 7) is 5.72. The molecule has 1 aromatic heterocycles. The number of benzene rings is 1. The summed E-state index contributed by atoms with van der Waals surface area (Å²) in [6, 6.07) is 7.70. The number of furan rings is 1. The standard InChI is InChI=1S/C21H26N2O4/c1-15-3-4-19(13-16(15)2)27-12-8-20(24)22-18-5-9-23(10-6-18)21(25)17-7-11-26-14-17/h3-4,7,11,13-14,18H,5-6,8-10,12H2,1-2H3,(H,22,24). The van der Waals surface area contributed by atoms with E-state index in [1.54, 1.807) is 11.0 Å². The van der Waals surface area contributed by atoms with E-state index in [1.807, 2.05) is 25.1 Å². The molecule has 1 fully saturated rings. The smallest absolute Gasteiger partial charge is 0.257 e. The van der Waals surface area contributed by atoms with Gasteiger partial charge in [-0.1, -0.05) is 6.07 Å². The van der Waals surface area contributed by atoms with Crippen molar-refractivity contribution >= 4 is 11.8 Å². The van der Waals surface area contributed by atoms with Crippen LogP contribution in [0.3, 0.4) is 0 Å². The SMILES string of the molecule is Cc1ccc(OCCC(=O)NC2CCN(C(=O)c3ccoc3)CC2)cc1C. The van der Waals surface area contributed by atoms with E-state index in [4.69, 9.17) is 9.15 Å². The third kappa shape index (κ3) is 5.12. The van der Waals surface area contributed by atoms with Crippen molar-refractivity contribution in [1.82, 2.24) is 10.2 Å². The second-order valence-corrected chi connectivity index (χ2v) is 6.99. The summed E-state index contributed by atoms with van der Waals surface area (Å²) >= 11 is 0. The van der Waals surface area contributed by atoms with Gasteiger partial charge in [0.1, 0.15) is 12.0 Å². The molecule has 1 aliphatic rings. The fourth-order valence-electron chi connectivity index (χ4n) is 3.16. The Hall–Kier alpha value is -2.76. The maximum Gasteiger partial charge on any atom is 0.257 e. The number of aryl methyl sites for hydroxylation is 2. The minimum Gasteiger partial charge on any atom is -0.493 e. The lowest BCUT2D eigenvalue weighted by Crippen LogP contribution is -2.46. The first-order valence-electron chi connectivity index (χ1n) is 9.34. The van der Waals surface area contributed by atoms with Gasteiger partial charge in [0.25, 0.3) is 5.91 Å². The zero-order chi connectivity index (χ0) is 19.2. The molecule has 6 heteroatoms. The normalized spacial score (nSPS) is 14.8. The lowest BCUT2D eigenvalue weighted by atomic mass is 10.0. The molecule has 0 aliphatic carbocycles. The molecule has 0 unspecified atom stereocenters. The van der Waals surface area contributed by atoms with Crippen LogP contribution in [0, 0.1) is 13.8 Å². The zero-order valence-electron chi connectivity index (χ0n) is 15.9. The molecule has 0 atom stereocenters. The molecule has 0 bridgehead atoms. The van der Waals surface area contributed by atoms with Crippen LogP contribution in [0.5, 0.6) is 5.75 Å². The van der Waals surface area contributed by atoms with E-state index >= 15 is 0 Å². The first-order valence-corrected chi connectivity index (χ1v) is 9.34. The third-order valence-electron chi connectivity index (χ3n) is 4.99. The second kappa shape index (κ2) is 8.75. The van der Waals surface area contributed by atoms with E-state index in [0.29, 0.717) is 31.7 Å². The van der Waals surface area contributed by atoms with Crippen LogP contribution >= 0.6 is 0 Å². The average Bonchev–Trinajstić information content (AvgIpc) is 3.19. The van der Waals surface area contributed by atoms with Crippen LogP contribution in [0.4, 0.5) is 0 Å². The molecule has 0 radical (unpaired) electrons. The van der Waals surface area contributed by atoms with E-state index in [1.165, 1.54) is 23.7 Å². The van der Waals surface area contributed by atoms with Gasteiger partial charge in [-0.15, -0.1) is 0 Å². The van der Waals surface area contributed by atoms with Crippen molar-refractivity contribution in [2.45, 2.75) is 39.2 Å². The Kier molecular flexibility index (Phi) is 6.16. The highest BCUT2D eigenvalue weighted by Crippen LogP contribution is 2.17. The molecule has 1 N–H and O–H groups in total. The maximum atomic E-state index is 12.3. The topological polar surface area (TPSA) is 71.8 Å². The summed E-state index contributed by atoms with van der Waals surface area (Å²) in [5.41, 5.74) is 2.97. The summed E-state index contributed by atoms with van der Waals surface area (Å²) in [4.78, 5) is 26.2. The van der Waals surface area contributed by atoms with Crippen molar-refractivity contribution in [2.75, 3.05) is 19.7 Å². The van der Waals surface area contributed by atoms with Gasteiger partial charge in [-0.05, 0) is 56.0 Å². The molecule has 144 valence electrons. The number of piperidine rings is 1. The molecular weight excluding hydrogens is 344 g/mol. The van der Waals surface area contributed by atoms with Gasteiger partial charge >= 0.3 is 0 Å². The minimum absolute atomic E-state index is 0.0153. The zero-order valence-corrected chi connectivity index (χ0v) is 15.9. The predicted molar refractivity (Wildman–Crippen MR) is 102 cm³/mol. The van der Waals surface area contributed by atoms with Crippen molar-refractivity contribution < 1.29 is 18.7 Å². The van der Waals surface area contributed by atoms with Crippen LogP contribution in [0.2, 0.25) is 0 Å². The number of rotatable bonds is 6. The number of nitrogens with zero attached hydrogens (tertiary/aromatic N) is 1. The fourth-order valence-corrected chi connectivity index (χ4v) is 3.16. The summed E-state index contributed by atoms with van der Waals surface area (Å²) in [5, 5.41) is 3.04. The molecule has 1 aromatic carbocycles. The molecule has 3 rings (SSSR count). The van der Waals surface area contributed by atoms with Crippen LogP contribution in [0.1, 0.15) is 40.7 Å². The summed E-state index contributed by atoms with van der Waals surface area (Å²) in [6.07, 6.45) is 4.80. The number of hydrogen-bond acceptors (Lipinski definition) is 4. The third-order valence-corrected chi connectivity index (χ3v) is 4.99. The van der Waals surface area contributed by atoms with Crippen molar-refractivity contribution in [3.05, 3.63) is 53.5 Å². The van der Waals surface area contributed by atoms with Gasteiger partial charge in [-0.2, -0.15) is 0 Å². The predicted octanol–water partition coefficient (Wildman–Crippen LogP) is 3.09. The Morgan fingerprint density at radius 2 is 1.96 bits per heavy atom. The molecule has 6 nitrogen and oxygen atoms in total. The maximum absolute atomic E-state index is 12.3. The number of nitrogens with one attached hydrogen (secondary N) is 1. The summed E-state index contributed by atoms with van der Waals surface area (Å²) in [5.74, 6) is 0.755. The van der Waals surface area contributed by atoms with Gasteiger partial charge in [0, 0.05) is 19.1 Å². The molecule has 0 saturated carbocycles. The molecule has 2 aromatic rings. The Bertz CT molecular complexity index is 777. The number of amides is 2. The Morgan fingerprint density at radius 3 is 2.63 bits per heavy atom. The Labute approximate surface area is 159 Å². The molecular formula is C21H26N2O4. The highest BCUT2D eigenvalue weighted by molar-refractivity contribution is 5.93. The quantitative estimate of drug-likeness (QED) is 0.848. The van der Waals surface area contributed by atoms with E-state index in [-0.39, 0.29) is 17.9 Å². The van der Waals surface area contributed by atoms with Gasteiger partial charge in [0.2, 0.25) is 5.91 Å². The molecule has 27 heavy (non-hydrogen) atoms. The molecule has 1 aliphatic heterocycles. The Balaban J connectivity index is 1.36.